The first-order valence-electron chi connectivity index (χ1n) is 9.90. The van der Waals surface area contributed by atoms with Gasteiger partial charge < -0.3 is 20.1 Å². The van der Waals surface area contributed by atoms with Crippen molar-refractivity contribution in [2.45, 2.75) is 38.4 Å². The zero-order valence-electron chi connectivity index (χ0n) is 16.3. The Balaban J connectivity index is 1.50. The zero-order chi connectivity index (χ0) is 19.4. The zero-order valence-corrected chi connectivity index (χ0v) is 16.3. The third kappa shape index (κ3) is 4.68. The summed E-state index contributed by atoms with van der Waals surface area (Å²) in [4.78, 5) is 26.1. The standard InChI is InChI=1S/C21H31N3O3/c1-15(20(14-25)23(2)21(26)27)10-22-19-9-8-17-12-24(13-18(17)19)11-16-6-4-3-5-7-16/h3-7,14-15,17-20,22H,8-13H2,1-2H3,(H,26,27)/t15-,17+,18-,19-,20?/m1/s1. The van der Waals surface area contributed by atoms with Crippen LogP contribution >= 0.6 is 0 Å². The van der Waals surface area contributed by atoms with Crippen LogP contribution in [0.3, 0.4) is 0 Å². The Morgan fingerprint density at radius 1 is 1.33 bits per heavy atom. The average molecular weight is 373 g/mol. The maximum atomic E-state index is 11.3. The van der Waals surface area contributed by atoms with Gasteiger partial charge in [0.25, 0.3) is 0 Å². The first kappa shape index (κ1) is 19.8. The van der Waals surface area contributed by atoms with E-state index in [1.807, 2.05) is 6.92 Å². The number of aldehydes is 1. The molecule has 0 bridgehead atoms. The number of benzene rings is 1. The van der Waals surface area contributed by atoms with Gasteiger partial charge in [-0.15, -0.1) is 0 Å². The van der Waals surface area contributed by atoms with Gasteiger partial charge in [0.15, 0.2) is 0 Å². The monoisotopic (exact) mass is 373 g/mol. The van der Waals surface area contributed by atoms with Crippen LogP contribution < -0.4 is 5.32 Å². The van der Waals surface area contributed by atoms with E-state index in [-0.39, 0.29) is 5.92 Å². The van der Waals surface area contributed by atoms with E-state index in [1.54, 1.807) is 0 Å². The van der Waals surface area contributed by atoms with Gasteiger partial charge in [-0.3, -0.25) is 4.90 Å². The molecule has 0 radical (unpaired) electrons. The molecule has 1 aromatic rings. The molecule has 3 rings (SSSR count). The van der Waals surface area contributed by atoms with E-state index in [0.717, 1.165) is 36.7 Å². The first-order chi connectivity index (χ1) is 13.0. The summed E-state index contributed by atoms with van der Waals surface area (Å²) in [6, 6.07) is 10.5. The molecule has 27 heavy (non-hydrogen) atoms. The number of carbonyl (C=O) groups excluding carboxylic acids is 1. The average Bonchev–Trinajstić information content (AvgIpc) is 3.21. The molecule has 1 saturated carbocycles. The molecular weight excluding hydrogens is 342 g/mol. The molecule has 1 aliphatic carbocycles. The lowest BCUT2D eigenvalue weighted by Gasteiger charge is -2.29. The lowest BCUT2D eigenvalue weighted by atomic mass is 9.96. The number of carboxylic acid groups (broad SMARTS) is 1. The lowest BCUT2D eigenvalue weighted by molar-refractivity contribution is -0.112. The highest BCUT2D eigenvalue weighted by Crippen LogP contribution is 2.38. The number of amides is 1. The van der Waals surface area contributed by atoms with Gasteiger partial charge in [-0.2, -0.15) is 0 Å². The van der Waals surface area contributed by atoms with Crippen LogP contribution in [0.15, 0.2) is 30.3 Å². The van der Waals surface area contributed by atoms with Crippen molar-refractivity contribution >= 4 is 12.4 Å². The number of carbonyl (C=O) groups is 2. The van der Waals surface area contributed by atoms with E-state index in [9.17, 15) is 9.59 Å². The Kier molecular flexibility index (Phi) is 6.50. The summed E-state index contributed by atoms with van der Waals surface area (Å²) >= 11 is 0. The van der Waals surface area contributed by atoms with Crippen LogP contribution in [0.4, 0.5) is 4.79 Å². The summed E-state index contributed by atoms with van der Waals surface area (Å²) in [5.41, 5.74) is 1.36. The van der Waals surface area contributed by atoms with Crippen molar-refractivity contribution in [3.63, 3.8) is 0 Å². The van der Waals surface area contributed by atoms with Crippen LogP contribution in [0.5, 0.6) is 0 Å². The van der Waals surface area contributed by atoms with E-state index >= 15 is 0 Å². The van der Waals surface area contributed by atoms with Gasteiger partial charge in [0.05, 0.1) is 6.04 Å². The summed E-state index contributed by atoms with van der Waals surface area (Å²) in [5, 5.41) is 12.8. The van der Waals surface area contributed by atoms with Gasteiger partial charge >= 0.3 is 6.09 Å². The van der Waals surface area contributed by atoms with E-state index in [2.05, 4.69) is 40.5 Å². The van der Waals surface area contributed by atoms with Gasteiger partial charge in [-0.25, -0.2) is 4.79 Å². The van der Waals surface area contributed by atoms with Crippen molar-refractivity contribution in [1.29, 1.82) is 0 Å². The molecule has 148 valence electrons. The van der Waals surface area contributed by atoms with Gasteiger partial charge in [-0.05, 0) is 36.2 Å². The molecule has 0 spiro atoms. The van der Waals surface area contributed by atoms with Crippen LogP contribution in [0.1, 0.15) is 25.3 Å². The van der Waals surface area contributed by atoms with Crippen LogP contribution in [-0.2, 0) is 11.3 Å². The second kappa shape index (κ2) is 8.85. The minimum Gasteiger partial charge on any atom is -0.465 e. The van der Waals surface area contributed by atoms with Gasteiger partial charge in [0, 0.05) is 39.3 Å². The lowest BCUT2D eigenvalue weighted by Crippen LogP contribution is -2.47. The number of rotatable bonds is 8. The fourth-order valence-electron chi connectivity index (χ4n) is 4.77. The maximum absolute atomic E-state index is 11.3. The van der Waals surface area contributed by atoms with Gasteiger partial charge in [0.1, 0.15) is 6.29 Å². The predicted molar refractivity (Wildman–Crippen MR) is 105 cm³/mol. The Morgan fingerprint density at radius 2 is 2.07 bits per heavy atom. The Hall–Kier alpha value is -1.92. The summed E-state index contributed by atoms with van der Waals surface area (Å²) in [6.45, 7) is 5.87. The fourth-order valence-corrected chi connectivity index (χ4v) is 4.77. The van der Waals surface area contributed by atoms with Crippen molar-refractivity contribution in [2.24, 2.45) is 17.8 Å². The molecule has 6 nitrogen and oxygen atoms in total. The van der Waals surface area contributed by atoms with Crippen molar-refractivity contribution in [3.8, 4) is 0 Å². The Bertz CT molecular complexity index is 639. The Morgan fingerprint density at radius 3 is 2.74 bits per heavy atom. The molecule has 2 aliphatic rings. The second-order valence-corrected chi connectivity index (χ2v) is 8.19. The second-order valence-electron chi connectivity index (χ2n) is 8.19. The summed E-state index contributed by atoms with van der Waals surface area (Å²) in [7, 11) is 1.46. The van der Waals surface area contributed by atoms with Crippen molar-refractivity contribution in [3.05, 3.63) is 35.9 Å². The van der Waals surface area contributed by atoms with Crippen LogP contribution in [0.2, 0.25) is 0 Å². The maximum Gasteiger partial charge on any atom is 0.407 e. The number of nitrogens with one attached hydrogen (secondary N) is 1. The summed E-state index contributed by atoms with van der Waals surface area (Å²) in [6.07, 6.45) is 2.09. The molecule has 1 amide bonds. The highest BCUT2D eigenvalue weighted by molar-refractivity contribution is 5.71. The van der Waals surface area contributed by atoms with Gasteiger partial charge in [0.2, 0.25) is 0 Å². The number of hydrogen-bond donors (Lipinski definition) is 2. The van der Waals surface area contributed by atoms with Crippen LogP contribution in [0.25, 0.3) is 0 Å². The molecule has 1 aliphatic heterocycles. The quantitative estimate of drug-likeness (QED) is 0.684. The fraction of sp³-hybridized carbons (Fsp3) is 0.619. The third-order valence-electron chi connectivity index (χ3n) is 6.35. The SMILES string of the molecule is C[C@H](CN[C@@H]1CC[C@H]2CN(Cc3ccccc3)C[C@H]21)C(C=O)N(C)C(=O)O. The normalized spacial score (nSPS) is 27.1. The minimum atomic E-state index is -1.06. The molecular formula is C21H31N3O3. The summed E-state index contributed by atoms with van der Waals surface area (Å²) in [5.74, 6) is 1.34. The highest BCUT2D eigenvalue weighted by Gasteiger charge is 2.42. The van der Waals surface area contributed by atoms with E-state index < -0.39 is 12.1 Å². The van der Waals surface area contributed by atoms with Gasteiger partial charge in [-0.1, -0.05) is 37.3 Å². The van der Waals surface area contributed by atoms with E-state index in [0.29, 0.717) is 18.5 Å². The smallest absolute Gasteiger partial charge is 0.407 e. The number of likely N-dealkylation sites (N-methyl/N-ethyl adjacent to an activating group) is 1. The van der Waals surface area contributed by atoms with Crippen molar-refractivity contribution in [1.82, 2.24) is 15.1 Å². The minimum absolute atomic E-state index is 0.0514. The molecule has 2 N–H and O–H groups in total. The van der Waals surface area contributed by atoms with Crippen molar-refractivity contribution in [2.75, 3.05) is 26.7 Å². The predicted octanol–water partition coefficient (Wildman–Crippen LogP) is 2.30. The molecule has 6 heteroatoms. The highest BCUT2D eigenvalue weighted by atomic mass is 16.4. The molecule has 2 fully saturated rings. The molecule has 1 saturated heterocycles. The van der Waals surface area contributed by atoms with E-state index in [4.69, 9.17) is 5.11 Å². The van der Waals surface area contributed by atoms with Crippen LogP contribution in [-0.4, -0.2) is 66.1 Å². The molecule has 1 aromatic carbocycles. The van der Waals surface area contributed by atoms with Crippen LogP contribution in [0, 0.1) is 17.8 Å². The number of fused-ring (bicyclic) bond motifs is 1. The largest absolute Gasteiger partial charge is 0.465 e. The number of hydrogen-bond acceptors (Lipinski definition) is 4. The molecule has 1 heterocycles. The third-order valence-corrected chi connectivity index (χ3v) is 6.35. The molecule has 1 unspecified atom stereocenters. The number of likely N-dealkylation sites (tertiary alicyclic amines) is 1. The first-order valence-corrected chi connectivity index (χ1v) is 9.90. The summed E-state index contributed by atoms with van der Waals surface area (Å²) < 4.78 is 0. The molecule has 5 atom stereocenters. The van der Waals surface area contributed by atoms with E-state index in [1.165, 1.54) is 25.5 Å². The molecule has 0 aromatic heterocycles. The Labute approximate surface area is 161 Å². The topological polar surface area (TPSA) is 72.9 Å². The number of nitrogens with zero attached hydrogens (tertiary/aromatic N) is 2. The van der Waals surface area contributed by atoms with Crippen molar-refractivity contribution < 1.29 is 14.7 Å².